The first kappa shape index (κ1) is 14.5. The predicted octanol–water partition coefficient (Wildman–Crippen LogP) is 2.99. The molecule has 1 aromatic carbocycles. The zero-order valence-electron chi connectivity index (χ0n) is 13.2. The number of fused-ring (bicyclic) bond motifs is 1. The van der Waals surface area contributed by atoms with Crippen LogP contribution in [0.5, 0.6) is 0 Å². The van der Waals surface area contributed by atoms with E-state index in [4.69, 9.17) is 0 Å². The van der Waals surface area contributed by atoms with Gasteiger partial charge in [0, 0.05) is 11.6 Å². The van der Waals surface area contributed by atoms with Gasteiger partial charge in [-0.15, -0.1) is 0 Å². The van der Waals surface area contributed by atoms with Gasteiger partial charge in [0.05, 0.1) is 18.3 Å². The van der Waals surface area contributed by atoms with Crippen LogP contribution in [-0.4, -0.2) is 33.0 Å². The van der Waals surface area contributed by atoms with Crippen LogP contribution in [0.3, 0.4) is 0 Å². The maximum absolute atomic E-state index is 13.0. The SMILES string of the molecule is O=C(c1cccc2ccnn12)N(CC#Cc1ccccc1)C1CC1. The van der Waals surface area contributed by atoms with Gasteiger partial charge in [0.2, 0.25) is 0 Å². The van der Waals surface area contributed by atoms with E-state index in [9.17, 15) is 4.79 Å². The Morgan fingerprint density at radius 3 is 2.75 bits per heavy atom. The Labute approximate surface area is 140 Å². The van der Waals surface area contributed by atoms with E-state index in [1.54, 1.807) is 10.7 Å². The molecule has 2 heterocycles. The molecule has 4 heteroatoms. The summed E-state index contributed by atoms with van der Waals surface area (Å²) in [6, 6.07) is 17.7. The molecule has 0 bridgehead atoms. The number of nitrogens with zero attached hydrogens (tertiary/aromatic N) is 3. The predicted molar refractivity (Wildman–Crippen MR) is 92.6 cm³/mol. The normalized spacial score (nSPS) is 13.3. The van der Waals surface area contributed by atoms with Crippen LogP contribution in [0, 0.1) is 11.8 Å². The molecule has 0 atom stereocenters. The van der Waals surface area contributed by atoms with Gasteiger partial charge >= 0.3 is 0 Å². The Morgan fingerprint density at radius 2 is 1.96 bits per heavy atom. The molecule has 2 aromatic heterocycles. The van der Waals surface area contributed by atoms with Gasteiger partial charge in [-0.05, 0) is 43.2 Å². The second kappa shape index (κ2) is 6.21. The van der Waals surface area contributed by atoms with Crippen molar-refractivity contribution in [2.24, 2.45) is 0 Å². The number of rotatable bonds is 3. The molecule has 0 spiro atoms. The summed E-state index contributed by atoms with van der Waals surface area (Å²) in [4.78, 5) is 14.8. The zero-order chi connectivity index (χ0) is 16.4. The fourth-order valence-corrected chi connectivity index (χ4v) is 2.76. The van der Waals surface area contributed by atoms with Crippen LogP contribution in [0.1, 0.15) is 28.9 Å². The minimum atomic E-state index is -0.00541. The van der Waals surface area contributed by atoms with Gasteiger partial charge in [0.1, 0.15) is 5.69 Å². The molecule has 0 unspecified atom stereocenters. The van der Waals surface area contributed by atoms with Crippen molar-refractivity contribution in [3.63, 3.8) is 0 Å². The summed E-state index contributed by atoms with van der Waals surface area (Å²) in [6.45, 7) is 0.441. The van der Waals surface area contributed by atoms with Crippen molar-refractivity contribution in [2.75, 3.05) is 6.54 Å². The molecule has 0 radical (unpaired) electrons. The Bertz CT molecular complexity index is 929. The summed E-state index contributed by atoms with van der Waals surface area (Å²) in [5.41, 5.74) is 2.48. The van der Waals surface area contributed by atoms with E-state index in [1.165, 1.54) is 0 Å². The van der Waals surface area contributed by atoms with Gasteiger partial charge in [-0.3, -0.25) is 4.79 Å². The topological polar surface area (TPSA) is 37.6 Å². The van der Waals surface area contributed by atoms with E-state index in [1.807, 2.05) is 59.5 Å². The molecule has 1 aliphatic rings. The van der Waals surface area contributed by atoms with Crippen molar-refractivity contribution in [3.05, 3.63) is 72.1 Å². The van der Waals surface area contributed by atoms with Crippen LogP contribution in [-0.2, 0) is 0 Å². The average Bonchev–Trinajstić information content (AvgIpc) is 3.34. The average molecular weight is 315 g/mol. The largest absolute Gasteiger partial charge is 0.323 e. The standard InChI is InChI=1S/C20H17N3O/c24-20(19-10-4-9-18-13-14-21-23(18)19)22(17-11-12-17)15-5-8-16-6-2-1-3-7-16/h1-4,6-7,9-10,13-14,17H,11-12,15H2. The van der Waals surface area contributed by atoms with Crippen LogP contribution in [0.15, 0.2) is 60.8 Å². The van der Waals surface area contributed by atoms with Gasteiger partial charge in [0.25, 0.3) is 5.91 Å². The fourth-order valence-electron chi connectivity index (χ4n) is 2.76. The van der Waals surface area contributed by atoms with Crippen LogP contribution in [0.25, 0.3) is 5.52 Å². The molecular formula is C20H17N3O. The Balaban J connectivity index is 1.58. The fraction of sp³-hybridized carbons (Fsp3) is 0.200. The monoisotopic (exact) mass is 315 g/mol. The van der Waals surface area contributed by atoms with Gasteiger partial charge < -0.3 is 4.90 Å². The minimum Gasteiger partial charge on any atom is -0.323 e. The molecule has 3 aromatic rings. The summed E-state index contributed by atoms with van der Waals surface area (Å²) in [5.74, 6) is 6.27. The minimum absolute atomic E-state index is 0.00541. The Kier molecular flexibility index (Phi) is 3.76. The molecule has 118 valence electrons. The van der Waals surface area contributed by atoms with Gasteiger partial charge in [-0.1, -0.05) is 36.1 Å². The van der Waals surface area contributed by atoms with E-state index in [0.29, 0.717) is 18.3 Å². The van der Waals surface area contributed by atoms with Crippen molar-refractivity contribution in [2.45, 2.75) is 18.9 Å². The Hall–Kier alpha value is -3.06. The highest BCUT2D eigenvalue weighted by Crippen LogP contribution is 2.28. The van der Waals surface area contributed by atoms with Crippen molar-refractivity contribution in [1.82, 2.24) is 14.5 Å². The molecule has 0 saturated heterocycles. The molecule has 1 aliphatic carbocycles. The van der Waals surface area contributed by atoms with Crippen molar-refractivity contribution in [3.8, 4) is 11.8 Å². The number of hydrogen-bond acceptors (Lipinski definition) is 2. The molecule has 0 aliphatic heterocycles. The molecular weight excluding hydrogens is 298 g/mol. The lowest BCUT2D eigenvalue weighted by Crippen LogP contribution is -2.34. The third kappa shape index (κ3) is 2.89. The first-order valence-corrected chi connectivity index (χ1v) is 8.10. The first-order valence-electron chi connectivity index (χ1n) is 8.10. The molecule has 1 saturated carbocycles. The first-order chi connectivity index (χ1) is 11.8. The lowest BCUT2D eigenvalue weighted by Gasteiger charge is -2.20. The Morgan fingerprint density at radius 1 is 1.12 bits per heavy atom. The number of amides is 1. The number of carbonyl (C=O) groups excluding carboxylic acids is 1. The van der Waals surface area contributed by atoms with Crippen LogP contribution >= 0.6 is 0 Å². The third-order valence-corrected chi connectivity index (χ3v) is 4.14. The second-order valence-corrected chi connectivity index (χ2v) is 5.91. The van der Waals surface area contributed by atoms with Crippen LogP contribution < -0.4 is 0 Å². The highest BCUT2D eigenvalue weighted by molar-refractivity contribution is 5.93. The number of benzene rings is 1. The second-order valence-electron chi connectivity index (χ2n) is 5.91. The van der Waals surface area contributed by atoms with E-state index in [0.717, 1.165) is 23.9 Å². The highest BCUT2D eigenvalue weighted by atomic mass is 16.2. The van der Waals surface area contributed by atoms with Crippen molar-refractivity contribution >= 4 is 11.4 Å². The highest BCUT2D eigenvalue weighted by Gasteiger charge is 2.33. The van der Waals surface area contributed by atoms with Gasteiger partial charge in [-0.2, -0.15) is 5.10 Å². The molecule has 1 fully saturated rings. The molecule has 4 rings (SSSR count). The van der Waals surface area contributed by atoms with E-state index in [-0.39, 0.29) is 5.91 Å². The summed E-state index contributed by atoms with van der Waals surface area (Å²) in [6.07, 6.45) is 3.81. The number of pyridine rings is 1. The smallest absolute Gasteiger partial charge is 0.273 e. The quantitative estimate of drug-likeness (QED) is 0.697. The van der Waals surface area contributed by atoms with E-state index >= 15 is 0 Å². The van der Waals surface area contributed by atoms with Crippen molar-refractivity contribution in [1.29, 1.82) is 0 Å². The van der Waals surface area contributed by atoms with E-state index < -0.39 is 0 Å². The third-order valence-electron chi connectivity index (χ3n) is 4.14. The maximum atomic E-state index is 13.0. The molecule has 4 nitrogen and oxygen atoms in total. The number of carbonyl (C=O) groups is 1. The van der Waals surface area contributed by atoms with Gasteiger partial charge in [0.15, 0.2) is 0 Å². The molecule has 24 heavy (non-hydrogen) atoms. The summed E-state index contributed by atoms with van der Waals surface area (Å²) >= 11 is 0. The van der Waals surface area contributed by atoms with Crippen molar-refractivity contribution < 1.29 is 4.79 Å². The maximum Gasteiger partial charge on any atom is 0.273 e. The van der Waals surface area contributed by atoms with E-state index in [2.05, 4.69) is 16.9 Å². The number of aromatic nitrogens is 2. The lowest BCUT2D eigenvalue weighted by molar-refractivity contribution is 0.0757. The molecule has 1 amide bonds. The molecule has 0 N–H and O–H groups in total. The van der Waals surface area contributed by atoms with Gasteiger partial charge in [-0.25, -0.2) is 4.52 Å². The van der Waals surface area contributed by atoms with Crippen LogP contribution in [0.4, 0.5) is 0 Å². The summed E-state index contributed by atoms with van der Waals surface area (Å²) in [5, 5.41) is 4.26. The lowest BCUT2D eigenvalue weighted by atomic mass is 10.2. The van der Waals surface area contributed by atoms with Crippen LogP contribution in [0.2, 0.25) is 0 Å². The summed E-state index contributed by atoms with van der Waals surface area (Å²) < 4.78 is 1.70. The zero-order valence-corrected chi connectivity index (χ0v) is 13.2. The number of hydrogen-bond donors (Lipinski definition) is 0. The summed E-state index contributed by atoms with van der Waals surface area (Å²) in [7, 11) is 0.